The first kappa shape index (κ1) is 26.2. The number of carbonyl (C=O) groups is 1. The molecule has 200 valence electrons. The second-order valence-electron chi connectivity index (χ2n) is 9.56. The van der Waals surface area contributed by atoms with Crippen LogP contribution in [0.3, 0.4) is 0 Å². The Morgan fingerprint density at radius 2 is 1.74 bits per heavy atom. The normalized spacial score (nSPS) is 13.8. The zero-order valence-corrected chi connectivity index (χ0v) is 21.8. The van der Waals surface area contributed by atoms with E-state index in [0.717, 1.165) is 49.3 Å². The molecule has 1 N–H and O–H groups in total. The van der Waals surface area contributed by atoms with E-state index in [0.29, 0.717) is 28.2 Å². The molecular formula is C30H29F2N5O2. The first-order chi connectivity index (χ1) is 18.9. The van der Waals surface area contributed by atoms with Crippen LogP contribution in [0.5, 0.6) is 11.5 Å². The molecule has 0 radical (unpaired) electrons. The number of hydrogen-bond acceptors (Lipinski definition) is 6. The van der Waals surface area contributed by atoms with Gasteiger partial charge in [0.2, 0.25) is 0 Å². The minimum Gasteiger partial charge on any atom is -0.457 e. The van der Waals surface area contributed by atoms with Crippen LogP contribution < -0.4 is 15.0 Å². The molecule has 1 amide bonds. The summed E-state index contributed by atoms with van der Waals surface area (Å²) in [5.41, 5.74) is 2.97. The number of nitrogens with one attached hydrogen (secondary N) is 1. The number of halogens is 2. The quantitative estimate of drug-likeness (QED) is 0.355. The van der Waals surface area contributed by atoms with E-state index in [9.17, 15) is 13.6 Å². The van der Waals surface area contributed by atoms with E-state index in [1.165, 1.54) is 12.1 Å². The van der Waals surface area contributed by atoms with E-state index in [-0.39, 0.29) is 12.5 Å². The average molecular weight is 530 g/mol. The van der Waals surface area contributed by atoms with Crippen molar-refractivity contribution in [3.8, 4) is 22.8 Å². The fourth-order valence-corrected chi connectivity index (χ4v) is 4.48. The molecule has 1 aliphatic rings. The number of ether oxygens (including phenoxy) is 1. The van der Waals surface area contributed by atoms with Gasteiger partial charge in [-0.05, 0) is 62.0 Å². The summed E-state index contributed by atoms with van der Waals surface area (Å²) in [7, 11) is 2.12. The zero-order valence-electron chi connectivity index (χ0n) is 21.8. The van der Waals surface area contributed by atoms with E-state index < -0.39 is 11.6 Å². The van der Waals surface area contributed by atoms with Crippen molar-refractivity contribution in [1.29, 1.82) is 0 Å². The molecule has 0 saturated carbocycles. The Labute approximate surface area is 226 Å². The molecule has 0 atom stereocenters. The van der Waals surface area contributed by atoms with Crippen LogP contribution in [0, 0.1) is 18.6 Å². The third-order valence-corrected chi connectivity index (χ3v) is 6.73. The minimum atomic E-state index is -0.690. The number of aromatic nitrogens is 2. The third kappa shape index (κ3) is 6.38. The van der Waals surface area contributed by atoms with Gasteiger partial charge in [-0.3, -0.25) is 9.78 Å². The van der Waals surface area contributed by atoms with Gasteiger partial charge < -0.3 is 19.9 Å². The van der Waals surface area contributed by atoms with Crippen molar-refractivity contribution in [3.63, 3.8) is 0 Å². The van der Waals surface area contributed by atoms with Crippen molar-refractivity contribution < 1.29 is 18.3 Å². The van der Waals surface area contributed by atoms with Crippen molar-refractivity contribution >= 4 is 11.7 Å². The lowest BCUT2D eigenvalue weighted by Gasteiger charge is -2.33. The molecule has 0 unspecified atom stereocenters. The second kappa shape index (κ2) is 11.6. The van der Waals surface area contributed by atoms with E-state index in [1.807, 2.05) is 24.4 Å². The summed E-state index contributed by atoms with van der Waals surface area (Å²) < 4.78 is 33.1. The molecule has 5 rings (SSSR count). The lowest BCUT2D eigenvalue weighted by molar-refractivity contribution is 0.0949. The summed E-state index contributed by atoms with van der Waals surface area (Å²) in [5, 5.41) is 2.71. The number of hydrogen-bond donors (Lipinski definition) is 1. The van der Waals surface area contributed by atoms with Gasteiger partial charge in [0.1, 0.15) is 29.0 Å². The molecule has 0 aliphatic carbocycles. The van der Waals surface area contributed by atoms with Crippen LogP contribution in [0.15, 0.2) is 73.1 Å². The van der Waals surface area contributed by atoms with Crippen LogP contribution in [-0.2, 0) is 6.54 Å². The van der Waals surface area contributed by atoms with Gasteiger partial charge in [-0.25, -0.2) is 13.8 Å². The molecule has 2 aromatic carbocycles. The van der Waals surface area contributed by atoms with E-state index in [2.05, 4.69) is 32.1 Å². The number of carbonyl (C=O) groups excluding carboxylic acids is 1. The van der Waals surface area contributed by atoms with Crippen molar-refractivity contribution in [2.24, 2.45) is 0 Å². The fraction of sp³-hybridized carbons (Fsp3) is 0.233. The van der Waals surface area contributed by atoms with Crippen LogP contribution in [0.1, 0.15) is 21.5 Å². The van der Waals surface area contributed by atoms with Gasteiger partial charge in [0, 0.05) is 73.9 Å². The molecule has 1 saturated heterocycles. The van der Waals surface area contributed by atoms with Crippen molar-refractivity contribution in [2.45, 2.75) is 13.5 Å². The van der Waals surface area contributed by atoms with E-state index >= 15 is 0 Å². The maximum atomic E-state index is 13.5. The molecule has 0 bridgehead atoms. The molecule has 1 aliphatic heterocycles. The highest BCUT2D eigenvalue weighted by molar-refractivity contribution is 5.96. The highest BCUT2D eigenvalue weighted by Crippen LogP contribution is 2.30. The molecule has 2 aromatic heterocycles. The molecule has 4 aromatic rings. The first-order valence-corrected chi connectivity index (χ1v) is 12.7. The first-order valence-electron chi connectivity index (χ1n) is 12.7. The summed E-state index contributed by atoms with van der Waals surface area (Å²) in [5.74, 6) is 0.282. The molecular weight excluding hydrogens is 500 g/mol. The largest absolute Gasteiger partial charge is 0.457 e. The SMILES string of the molecule is Cc1c(Oc2ccnc(-c3ccc(N4CCN(C)CC4)nc3)c2)cccc1C(=O)NCc1cc(F)cc(F)c1. The van der Waals surface area contributed by atoms with Crippen molar-refractivity contribution in [2.75, 3.05) is 38.1 Å². The molecule has 9 heteroatoms. The van der Waals surface area contributed by atoms with Gasteiger partial charge in [0.15, 0.2) is 0 Å². The summed E-state index contributed by atoms with van der Waals surface area (Å²) in [6, 6.07) is 15.9. The van der Waals surface area contributed by atoms with Crippen LogP contribution in [0.4, 0.5) is 14.6 Å². The standard InChI is InChI=1S/C30H29F2N5O2/c1-20-26(30(38)35-18-21-14-23(31)16-24(32)15-21)4-3-5-28(20)39-25-8-9-33-27(17-25)22-6-7-29(34-19-22)37-12-10-36(2)11-13-37/h3-9,14-17,19H,10-13,18H2,1-2H3,(H,35,38). The van der Waals surface area contributed by atoms with Crippen LogP contribution >= 0.6 is 0 Å². The fourth-order valence-electron chi connectivity index (χ4n) is 4.48. The molecule has 0 spiro atoms. The van der Waals surface area contributed by atoms with Crippen molar-refractivity contribution in [3.05, 3.63) is 101 Å². The van der Waals surface area contributed by atoms with Gasteiger partial charge in [0.05, 0.1) is 5.69 Å². The summed E-state index contributed by atoms with van der Waals surface area (Å²) in [6.07, 6.45) is 3.49. The maximum Gasteiger partial charge on any atom is 0.251 e. The monoisotopic (exact) mass is 529 g/mol. The third-order valence-electron chi connectivity index (χ3n) is 6.73. The Morgan fingerprint density at radius 1 is 0.974 bits per heavy atom. The van der Waals surface area contributed by atoms with E-state index in [1.54, 1.807) is 37.4 Å². The maximum absolute atomic E-state index is 13.5. The average Bonchev–Trinajstić information content (AvgIpc) is 2.93. The summed E-state index contributed by atoms with van der Waals surface area (Å²) in [4.78, 5) is 26.5. The summed E-state index contributed by atoms with van der Waals surface area (Å²) >= 11 is 0. The number of pyridine rings is 2. The van der Waals surface area contributed by atoms with Gasteiger partial charge in [0.25, 0.3) is 5.91 Å². The number of likely N-dealkylation sites (N-methyl/N-ethyl adjacent to an activating group) is 1. The van der Waals surface area contributed by atoms with Crippen LogP contribution in [0.2, 0.25) is 0 Å². The highest BCUT2D eigenvalue weighted by atomic mass is 19.1. The van der Waals surface area contributed by atoms with Crippen molar-refractivity contribution in [1.82, 2.24) is 20.2 Å². The summed E-state index contributed by atoms with van der Waals surface area (Å²) in [6.45, 7) is 5.70. The zero-order chi connectivity index (χ0) is 27.4. The molecule has 3 heterocycles. The number of rotatable bonds is 7. The van der Waals surface area contributed by atoms with Gasteiger partial charge in [-0.1, -0.05) is 6.07 Å². The number of nitrogens with zero attached hydrogens (tertiary/aromatic N) is 4. The van der Waals surface area contributed by atoms with E-state index in [4.69, 9.17) is 4.74 Å². The van der Waals surface area contributed by atoms with Gasteiger partial charge in [-0.2, -0.15) is 0 Å². The Balaban J connectivity index is 1.27. The lowest BCUT2D eigenvalue weighted by atomic mass is 10.1. The molecule has 1 fully saturated rings. The topological polar surface area (TPSA) is 70.6 Å². The number of anilines is 1. The smallest absolute Gasteiger partial charge is 0.251 e. The van der Waals surface area contributed by atoms with Crippen LogP contribution in [-0.4, -0.2) is 54.0 Å². The Kier molecular flexibility index (Phi) is 7.79. The van der Waals surface area contributed by atoms with Gasteiger partial charge in [-0.15, -0.1) is 0 Å². The Morgan fingerprint density at radius 3 is 2.46 bits per heavy atom. The molecule has 39 heavy (non-hydrogen) atoms. The lowest BCUT2D eigenvalue weighted by Crippen LogP contribution is -2.44. The number of benzene rings is 2. The predicted molar refractivity (Wildman–Crippen MR) is 146 cm³/mol. The number of amides is 1. The van der Waals surface area contributed by atoms with Crippen LogP contribution in [0.25, 0.3) is 11.3 Å². The predicted octanol–water partition coefficient (Wildman–Crippen LogP) is 5.20. The van der Waals surface area contributed by atoms with Gasteiger partial charge >= 0.3 is 0 Å². The molecule has 7 nitrogen and oxygen atoms in total. The Hall–Kier alpha value is -4.37. The number of piperazine rings is 1. The second-order valence-corrected chi connectivity index (χ2v) is 9.56. The Bertz CT molecular complexity index is 1450. The highest BCUT2D eigenvalue weighted by Gasteiger charge is 2.16. The minimum absolute atomic E-state index is 0.00656.